The first-order valence-corrected chi connectivity index (χ1v) is 7.69. The molecule has 1 aromatic carbocycles. The van der Waals surface area contributed by atoms with Crippen LogP contribution in [0.15, 0.2) is 18.2 Å². The van der Waals surface area contributed by atoms with Gasteiger partial charge < -0.3 is 21.1 Å². The lowest BCUT2D eigenvalue weighted by Crippen LogP contribution is -2.36. The summed E-state index contributed by atoms with van der Waals surface area (Å²) in [7, 11) is 0. The summed E-state index contributed by atoms with van der Waals surface area (Å²) < 4.78 is 5.84. The Balaban J connectivity index is 1.88. The summed E-state index contributed by atoms with van der Waals surface area (Å²) >= 11 is 6.18. The van der Waals surface area contributed by atoms with Crippen molar-refractivity contribution in [2.45, 2.75) is 31.8 Å². The highest BCUT2D eigenvalue weighted by molar-refractivity contribution is 6.32. The summed E-state index contributed by atoms with van der Waals surface area (Å²) in [5, 5.41) is 5.50. The summed E-state index contributed by atoms with van der Waals surface area (Å²) in [6, 6.07) is 5.10. The highest BCUT2D eigenvalue weighted by atomic mass is 35.5. The monoisotopic (exact) mass is 325 g/mol. The minimum absolute atomic E-state index is 0.131. The maximum absolute atomic E-state index is 11.7. The van der Waals surface area contributed by atoms with E-state index in [-0.39, 0.29) is 31.0 Å². The number of hydrogen-bond acceptors (Lipinski definition) is 4. The van der Waals surface area contributed by atoms with Gasteiger partial charge in [0.2, 0.25) is 11.8 Å². The Morgan fingerprint density at radius 3 is 2.64 bits per heavy atom. The predicted octanol–water partition coefficient (Wildman–Crippen LogP) is 1.67. The molecule has 0 heterocycles. The molecule has 0 unspecified atom stereocenters. The molecule has 1 aromatic rings. The maximum atomic E-state index is 11.7. The maximum Gasteiger partial charge on any atom is 0.243 e. The van der Waals surface area contributed by atoms with E-state index in [9.17, 15) is 9.59 Å². The Morgan fingerprint density at radius 2 is 2.00 bits per heavy atom. The number of halogens is 1. The number of anilines is 1. The van der Waals surface area contributed by atoms with Gasteiger partial charge in [-0.15, -0.1) is 0 Å². The quantitative estimate of drug-likeness (QED) is 0.741. The second kappa shape index (κ2) is 8.00. The van der Waals surface area contributed by atoms with Crippen molar-refractivity contribution >= 4 is 29.1 Å². The fraction of sp³-hybridized carbons (Fsp3) is 0.467. The third-order valence-electron chi connectivity index (χ3n) is 3.44. The zero-order chi connectivity index (χ0) is 15.9. The highest BCUT2D eigenvalue weighted by Crippen LogP contribution is 2.31. The number of nitrogens with two attached hydrogens (primary N) is 1. The normalized spacial score (nSPS) is 14.6. The molecular weight excluding hydrogens is 306 g/mol. The molecule has 1 aliphatic carbocycles. The molecule has 0 aliphatic heterocycles. The van der Waals surface area contributed by atoms with Crippen molar-refractivity contribution in [3.8, 4) is 5.75 Å². The van der Waals surface area contributed by atoms with Crippen molar-refractivity contribution in [2.24, 2.45) is 5.73 Å². The largest absolute Gasteiger partial charge is 0.489 e. The minimum atomic E-state index is -0.381. The van der Waals surface area contributed by atoms with Crippen LogP contribution < -0.4 is 21.1 Å². The Labute approximate surface area is 134 Å². The van der Waals surface area contributed by atoms with Crippen LogP contribution >= 0.6 is 11.6 Å². The van der Waals surface area contributed by atoms with E-state index in [0.29, 0.717) is 16.5 Å². The Kier molecular flexibility index (Phi) is 6.03. The molecule has 22 heavy (non-hydrogen) atoms. The van der Waals surface area contributed by atoms with Gasteiger partial charge in [0.05, 0.1) is 24.2 Å². The van der Waals surface area contributed by atoms with Crippen LogP contribution in [-0.4, -0.2) is 31.0 Å². The van der Waals surface area contributed by atoms with Crippen LogP contribution in [0, 0.1) is 0 Å². The van der Waals surface area contributed by atoms with Crippen LogP contribution in [0.25, 0.3) is 0 Å². The second-order valence-corrected chi connectivity index (χ2v) is 5.61. The van der Waals surface area contributed by atoms with E-state index < -0.39 is 0 Å². The van der Waals surface area contributed by atoms with Gasteiger partial charge in [-0.3, -0.25) is 9.59 Å². The van der Waals surface area contributed by atoms with Gasteiger partial charge in [0.25, 0.3) is 0 Å². The molecule has 0 bridgehead atoms. The van der Waals surface area contributed by atoms with Crippen LogP contribution in [0.3, 0.4) is 0 Å². The van der Waals surface area contributed by atoms with E-state index in [1.165, 1.54) is 12.8 Å². The molecule has 0 aromatic heterocycles. The fourth-order valence-electron chi connectivity index (χ4n) is 2.32. The highest BCUT2D eigenvalue weighted by Gasteiger charge is 2.18. The summed E-state index contributed by atoms with van der Waals surface area (Å²) in [4.78, 5) is 22.6. The number of rotatable bonds is 6. The average molecular weight is 326 g/mol. The number of hydrogen-bond donors (Lipinski definition) is 3. The molecule has 2 rings (SSSR count). The first kappa shape index (κ1) is 16.6. The van der Waals surface area contributed by atoms with Gasteiger partial charge in [0.1, 0.15) is 5.75 Å². The Morgan fingerprint density at radius 1 is 1.27 bits per heavy atom. The lowest BCUT2D eigenvalue weighted by molar-refractivity contribution is -0.123. The van der Waals surface area contributed by atoms with Crippen molar-refractivity contribution in [3.05, 3.63) is 23.2 Å². The molecule has 0 radical (unpaired) electrons. The van der Waals surface area contributed by atoms with Gasteiger partial charge >= 0.3 is 0 Å². The van der Waals surface area contributed by atoms with Crippen LogP contribution in [0.1, 0.15) is 25.7 Å². The van der Waals surface area contributed by atoms with Crippen LogP contribution in [-0.2, 0) is 9.59 Å². The van der Waals surface area contributed by atoms with Crippen molar-refractivity contribution in [3.63, 3.8) is 0 Å². The number of carbonyl (C=O) groups is 2. The Bertz CT molecular complexity index is 545. The minimum Gasteiger partial charge on any atom is -0.489 e. The summed E-state index contributed by atoms with van der Waals surface area (Å²) in [6.07, 6.45) is 4.70. The van der Waals surface area contributed by atoms with Gasteiger partial charge in [-0.25, -0.2) is 0 Å². The van der Waals surface area contributed by atoms with E-state index in [0.717, 1.165) is 12.8 Å². The van der Waals surface area contributed by atoms with Crippen molar-refractivity contribution < 1.29 is 14.3 Å². The van der Waals surface area contributed by atoms with Gasteiger partial charge in [0.15, 0.2) is 0 Å². The summed E-state index contributed by atoms with van der Waals surface area (Å²) in [5.41, 5.74) is 5.69. The van der Waals surface area contributed by atoms with Gasteiger partial charge in [0, 0.05) is 5.69 Å². The lowest BCUT2D eigenvalue weighted by atomic mass is 10.2. The third kappa shape index (κ3) is 4.89. The van der Waals surface area contributed by atoms with Gasteiger partial charge in [-0.05, 0) is 43.9 Å². The standard InChI is InChI=1S/C15H20ClN3O3/c16-12-7-10(19-15(21)9-18-14(20)8-17)5-6-13(12)22-11-3-1-2-4-11/h5-7,11H,1-4,8-9,17H2,(H,18,20)(H,19,21). The molecule has 0 saturated heterocycles. The number of nitrogens with one attached hydrogen (secondary N) is 2. The lowest BCUT2D eigenvalue weighted by Gasteiger charge is -2.15. The third-order valence-corrected chi connectivity index (χ3v) is 3.74. The molecule has 0 atom stereocenters. The molecule has 0 spiro atoms. The molecule has 1 aliphatic rings. The molecule has 4 N–H and O–H groups in total. The van der Waals surface area contributed by atoms with Crippen molar-refractivity contribution in [1.29, 1.82) is 0 Å². The van der Waals surface area contributed by atoms with E-state index in [2.05, 4.69) is 10.6 Å². The summed E-state index contributed by atoms with van der Waals surface area (Å²) in [5.74, 6) is -0.0983. The molecule has 120 valence electrons. The zero-order valence-corrected chi connectivity index (χ0v) is 13.0. The number of benzene rings is 1. The smallest absolute Gasteiger partial charge is 0.243 e. The van der Waals surface area contributed by atoms with E-state index in [4.69, 9.17) is 22.1 Å². The molecule has 1 saturated carbocycles. The Hall–Kier alpha value is -1.79. The van der Waals surface area contributed by atoms with Crippen LogP contribution in [0.5, 0.6) is 5.75 Å². The van der Waals surface area contributed by atoms with Gasteiger partial charge in [-0.2, -0.15) is 0 Å². The first-order valence-electron chi connectivity index (χ1n) is 7.31. The second-order valence-electron chi connectivity index (χ2n) is 5.20. The van der Waals surface area contributed by atoms with E-state index >= 15 is 0 Å². The fourth-order valence-corrected chi connectivity index (χ4v) is 2.54. The van der Waals surface area contributed by atoms with Crippen molar-refractivity contribution in [1.82, 2.24) is 5.32 Å². The topological polar surface area (TPSA) is 93.5 Å². The molecule has 7 heteroatoms. The molecule has 6 nitrogen and oxygen atoms in total. The molecular formula is C15H20ClN3O3. The predicted molar refractivity (Wildman–Crippen MR) is 85.0 cm³/mol. The molecule has 1 fully saturated rings. The SMILES string of the molecule is NCC(=O)NCC(=O)Nc1ccc(OC2CCCC2)c(Cl)c1. The van der Waals surface area contributed by atoms with Crippen LogP contribution in [0.4, 0.5) is 5.69 Å². The van der Waals surface area contributed by atoms with E-state index in [1.54, 1.807) is 18.2 Å². The number of ether oxygens (including phenoxy) is 1. The zero-order valence-electron chi connectivity index (χ0n) is 12.2. The number of amides is 2. The van der Waals surface area contributed by atoms with Crippen LogP contribution in [0.2, 0.25) is 5.02 Å². The number of carbonyl (C=O) groups excluding carboxylic acids is 2. The first-order chi connectivity index (χ1) is 10.6. The average Bonchev–Trinajstić information content (AvgIpc) is 3.00. The van der Waals surface area contributed by atoms with E-state index in [1.807, 2.05) is 0 Å². The van der Waals surface area contributed by atoms with Gasteiger partial charge in [-0.1, -0.05) is 11.6 Å². The summed E-state index contributed by atoms with van der Waals surface area (Å²) in [6.45, 7) is -0.277. The molecule has 2 amide bonds. The van der Waals surface area contributed by atoms with Crippen molar-refractivity contribution in [2.75, 3.05) is 18.4 Å².